The van der Waals surface area contributed by atoms with Crippen LogP contribution in [0.3, 0.4) is 0 Å². The van der Waals surface area contributed by atoms with Gasteiger partial charge in [-0.05, 0) is 39.7 Å². The van der Waals surface area contributed by atoms with Crippen LogP contribution in [0.25, 0.3) is 0 Å². The maximum Gasteiger partial charge on any atom is 0.317 e. The second kappa shape index (κ2) is 16.2. The first-order valence-electron chi connectivity index (χ1n) is 15.2. The second-order valence-corrected chi connectivity index (χ2v) is 13.2. The molecular formula is C31H44N6O8S. The Morgan fingerprint density at radius 2 is 1.74 bits per heavy atom. The van der Waals surface area contributed by atoms with Gasteiger partial charge in [0.1, 0.15) is 42.2 Å². The predicted octanol–water partition coefficient (Wildman–Crippen LogP) is 2.83. The zero-order chi connectivity index (χ0) is 34.2. The molecule has 14 nitrogen and oxygen atoms in total. The smallest absolute Gasteiger partial charge is 0.317 e. The van der Waals surface area contributed by atoms with E-state index in [1.165, 1.54) is 25.8 Å². The van der Waals surface area contributed by atoms with Crippen molar-refractivity contribution >= 4 is 52.9 Å². The number of Topliss-reactive ketones (excluding diaryl/α,β-unsaturated/α-hetero) is 2. The molecule has 7 unspecified atom stereocenters. The van der Waals surface area contributed by atoms with Gasteiger partial charge in [0, 0.05) is 55.6 Å². The average molecular weight is 661 g/mol. The molecule has 0 radical (unpaired) electrons. The van der Waals surface area contributed by atoms with Crippen LogP contribution in [0.15, 0.2) is 33.8 Å². The van der Waals surface area contributed by atoms with Crippen LogP contribution in [-0.2, 0) is 38.2 Å². The number of ketones is 2. The van der Waals surface area contributed by atoms with Crippen LogP contribution in [0, 0.1) is 35.5 Å². The lowest BCUT2D eigenvalue weighted by Gasteiger charge is -2.35. The average Bonchev–Trinajstić information content (AvgIpc) is 3.38. The molecule has 3 heterocycles. The van der Waals surface area contributed by atoms with Crippen molar-refractivity contribution in [3.05, 3.63) is 24.3 Å². The Hall–Kier alpha value is -3.72. The quantitative estimate of drug-likeness (QED) is 0.141. The fourth-order valence-corrected chi connectivity index (χ4v) is 6.81. The van der Waals surface area contributed by atoms with E-state index >= 15 is 0 Å². The van der Waals surface area contributed by atoms with Gasteiger partial charge in [0.2, 0.25) is 0 Å². The van der Waals surface area contributed by atoms with Crippen LogP contribution < -0.4 is 5.73 Å². The Labute approximate surface area is 273 Å². The van der Waals surface area contributed by atoms with E-state index in [1.54, 1.807) is 46.2 Å². The summed E-state index contributed by atoms with van der Waals surface area (Å²) < 4.78 is 16.9. The lowest BCUT2D eigenvalue weighted by atomic mass is 9.73. The van der Waals surface area contributed by atoms with Gasteiger partial charge < -0.3 is 24.8 Å². The number of methoxy groups -OCH3 is 1. The molecule has 1 aromatic rings. The number of ether oxygens (including phenoxy) is 3. The summed E-state index contributed by atoms with van der Waals surface area (Å²) in [6, 6.07) is 1.68. The molecule has 3 rings (SSSR count). The summed E-state index contributed by atoms with van der Waals surface area (Å²) in [5.74, 6) is -6.13. The Morgan fingerprint density at radius 1 is 1.11 bits per heavy atom. The lowest BCUT2D eigenvalue weighted by Crippen LogP contribution is -2.44. The summed E-state index contributed by atoms with van der Waals surface area (Å²) in [6.07, 6.45) is 2.29. The summed E-state index contributed by atoms with van der Waals surface area (Å²) in [5, 5.41) is 12.0. The third kappa shape index (κ3) is 8.96. The molecule has 0 spiro atoms. The Kier molecular flexibility index (Phi) is 12.9. The van der Waals surface area contributed by atoms with E-state index in [4.69, 9.17) is 24.8 Å². The number of hydrogen-bond acceptors (Lipinski definition) is 14. The first-order valence-corrected chi connectivity index (χ1v) is 16.1. The number of nitrogens with two attached hydrogens (primary N) is 1. The van der Waals surface area contributed by atoms with Crippen molar-refractivity contribution in [2.45, 2.75) is 72.2 Å². The molecule has 46 heavy (non-hydrogen) atoms. The minimum absolute atomic E-state index is 0.151. The molecule has 2 N–H and O–H groups in total. The summed E-state index contributed by atoms with van der Waals surface area (Å²) in [4.78, 5) is 67.0. The SMILES string of the molecule is C=N/N=C(\SCC(C)O/N=C(\N)C1C(=O)OC2COC(=O)C(C)C(=O)C(C)CC(C)(OC)C[C@@H](C)C(=O)[C@H](C)C21)c1ncccn1. The molecule has 252 valence electrons. The highest BCUT2D eigenvalue weighted by atomic mass is 32.2. The fourth-order valence-electron chi connectivity index (χ4n) is 6.01. The lowest BCUT2D eigenvalue weighted by molar-refractivity contribution is -0.160. The summed E-state index contributed by atoms with van der Waals surface area (Å²) >= 11 is 1.27. The van der Waals surface area contributed by atoms with E-state index in [2.05, 4.69) is 32.0 Å². The van der Waals surface area contributed by atoms with Crippen LogP contribution >= 0.6 is 11.8 Å². The van der Waals surface area contributed by atoms with Gasteiger partial charge >= 0.3 is 11.9 Å². The van der Waals surface area contributed by atoms with Crippen LogP contribution in [-0.4, -0.2) is 88.3 Å². The third-order valence-corrected chi connectivity index (χ3v) is 9.68. The maximum absolute atomic E-state index is 13.8. The topological polar surface area (TPSA) is 194 Å². The van der Waals surface area contributed by atoms with Crippen molar-refractivity contribution in [1.82, 2.24) is 9.97 Å². The number of hydrogen-bond donors (Lipinski definition) is 1. The predicted molar refractivity (Wildman–Crippen MR) is 172 cm³/mol. The maximum atomic E-state index is 13.8. The standard InChI is InChI=1S/C31H44N6O8S/c1-16-12-31(6,42-8)13-17(2)25(39)20(5)29(40)43-14-21-22(19(4)24(16)38)23(30(41)44-21)26(32)37-45-18(3)15-46-28(36-33-7)27-34-10-9-11-35-27/h9-11,16-23H,7,12-15H2,1-6,8H3,(H2,32,37)/b36-28-/t16-,17?,18?,19-,20?,21?,22?,23?,31?/m1/s1. The highest BCUT2D eigenvalue weighted by Gasteiger charge is 2.52. The first kappa shape index (κ1) is 36.7. The van der Waals surface area contributed by atoms with Gasteiger partial charge in [0.25, 0.3) is 0 Å². The Morgan fingerprint density at radius 3 is 2.35 bits per heavy atom. The molecular weight excluding hydrogens is 616 g/mol. The third-order valence-electron chi connectivity index (χ3n) is 8.50. The highest BCUT2D eigenvalue weighted by molar-refractivity contribution is 8.14. The van der Waals surface area contributed by atoms with Crippen molar-refractivity contribution in [2.24, 2.45) is 56.6 Å². The van der Waals surface area contributed by atoms with E-state index in [0.29, 0.717) is 29.5 Å². The van der Waals surface area contributed by atoms with Crippen LogP contribution in [0.2, 0.25) is 0 Å². The Bertz CT molecular complexity index is 1340. The largest absolute Gasteiger partial charge is 0.461 e. The number of thioether (sulfide) groups is 1. The number of aromatic nitrogens is 2. The molecule has 15 heteroatoms. The van der Waals surface area contributed by atoms with Crippen molar-refractivity contribution in [1.29, 1.82) is 0 Å². The van der Waals surface area contributed by atoms with Crippen molar-refractivity contribution in [3.8, 4) is 0 Å². The number of carbonyl (C=O) groups excluding carboxylic acids is 4. The van der Waals surface area contributed by atoms with E-state index in [1.807, 2.05) is 6.92 Å². The number of rotatable bonds is 8. The summed E-state index contributed by atoms with van der Waals surface area (Å²) in [7, 11) is 1.53. The number of carbonyl (C=O) groups is 4. The molecule has 2 aliphatic heterocycles. The first-order chi connectivity index (χ1) is 21.7. The molecule has 1 aromatic heterocycles. The number of oxime groups is 1. The van der Waals surface area contributed by atoms with Crippen molar-refractivity contribution in [2.75, 3.05) is 19.5 Å². The molecule has 2 fully saturated rings. The van der Waals surface area contributed by atoms with Crippen molar-refractivity contribution in [3.63, 3.8) is 0 Å². The number of cyclic esters (lactones) is 1. The zero-order valence-electron chi connectivity index (χ0n) is 27.4. The fraction of sp³-hybridized carbons (Fsp3) is 0.645. The van der Waals surface area contributed by atoms with Gasteiger partial charge in [-0.15, -0.1) is 5.10 Å². The number of fused-ring (bicyclic) bond motifs is 1. The second-order valence-electron chi connectivity index (χ2n) is 12.2. The van der Waals surface area contributed by atoms with Crippen LogP contribution in [0.5, 0.6) is 0 Å². The summed E-state index contributed by atoms with van der Waals surface area (Å²) in [5.41, 5.74) is 5.52. The molecule has 0 saturated carbocycles. The molecule has 0 bridgehead atoms. The van der Waals surface area contributed by atoms with Gasteiger partial charge in [-0.25, -0.2) is 9.97 Å². The number of esters is 2. The van der Waals surface area contributed by atoms with Crippen LogP contribution in [0.4, 0.5) is 0 Å². The van der Waals surface area contributed by atoms with Gasteiger partial charge in [-0.3, -0.25) is 19.2 Å². The number of nitrogens with zero attached hydrogens (tertiary/aromatic N) is 5. The van der Waals surface area contributed by atoms with Gasteiger partial charge in [-0.2, -0.15) is 5.10 Å². The zero-order valence-corrected chi connectivity index (χ0v) is 28.2. The monoisotopic (exact) mass is 660 g/mol. The molecule has 9 atom stereocenters. The molecule has 0 aliphatic carbocycles. The summed E-state index contributed by atoms with van der Waals surface area (Å²) in [6.45, 7) is 13.3. The van der Waals surface area contributed by atoms with Crippen molar-refractivity contribution < 1.29 is 38.2 Å². The molecule has 2 saturated heterocycles. The molecule has 0 aromatic carbocycles. The molecule has 0 amide bonds. The van der Waals surface area contributed by atoms with Gasteiger partial charge in [0.15, 0.2) is 16.7 Å². The van der Waals surface area contributed by atoms with Gasteiger partial charge in [-0.1, -0.05) is 37.7 Å². The molecule has 2 aliphatic rings. The van der Waals surface area contributed by atoms with Gasteiger partial charge in [0.05, 0.1) is 5.60 Å². The Balaban J connectivity index is 1.84. The van der Waals surface area contributed by atoms with E-state index in [0.717, 1.165) is 0 Å². The highest BCUT2D eigenvalue weighted by Crippen LogP contribution is 2.39. The van der Waals surface area contributed by atoms with E-state index < -0.39 is 65.3 Å². The van der Waals surface area contributed by atoms with E-state index in [9.17, 15) is 19.2 Å². The van der Waals surface area contributed by atoms with Crippen LogP contribution in [0.1, 0.15) is 60.2 Å². The number of amidine groups is 1. The van der Waals surface area contributed by atoms with E-state index in [-0.39, 0.29) is 24.0 Å². The minimum Gasteiger partial charge on any atom is -0.461 e. The minimum atomic E-state index is -1.14. The normalized spacial score (nSPS) is 32.5.